The average Bonchev–Trinajstić information content (AvgIpc) is 2.93. The van der Waals surface area contributed by atoms with Crippen molar-refractivity contribution in [3.8, 4) is 0 Å². The van der Waals surface area contributed by atoms with Gasteiger partial charge in [0.15, 0.2) is 0 Å². The summed E-state index contributed by atoms with van der Waals surface area (Å²) in [5, 5.41) is 9.08. The van der Waals surface area contributed by atoms with Gasteiger partial charge in [-0.2, -0.15) is 0 Å². The summed E-state index contributed by atoms with van der Waals surface area (Å²) in [5.74, 6) is -1.18. The number of likely N-dealkylation sites (tertiary alicyclic amines) is 1. The molecular weight excluding hydrogens is 234 g/mol. The van der Waals surface area contributed by atoms with E-state index in [0.29, 0.717) is 19.7 Å². The van der Waals surface area contributed by atoms with Gasteiger partial charge in [0, 0.05) is 19.7 Å². The van der Waals surface area contributed by atoms with Crippen LogP contribution in [0.1, 0.15) is 26.7 Å². The Bertz CT molecular complexity index is 344. The molecule has 0 aromatic carbocycles. The van der Waals surface area contributed by atoms with Crippen LogP contribution in [0.25, 0.3) is 0 Å². The highest BCUT2D eigenvalue weighted by Crippen LogP contribution is 2.30. The lowest BCUT2D eigenvalue weighted by atomic mass is 9.98. The third-order valence-electron chi connectivity index (χ3n) is 4.17. The molecule has 0 aliphatic carbocycles. The van der Waals surface area contributed by atoms with E-state index in [-0.39, 0.29) is 23.8 Å². The Balaban J connectivity index is 2.00. The molecule has 0 bridgehead atoms. The minimum Gasteiger partial charge on any atom is -0.481 e. The molecule has 0 aromatic rings. The SMILES string of the molecule is CCC1OCCC1C(=O)N1C[C@@H](C)[C@H](C(=O)O)C1. The number of ether oxygens (including phenoxy) is 1. The monoisotopic (exact) mass is 255 g/mol. The van der Waals surface area contributed by atoms with Gasteiger partial charge < -0.3 is 14.7 Å². The van der Waals surface area contributed by atoms with Crippen LogP contribution in [-0.2, 0) is 14.3 Å². The molecule has 0 radical (unpaired) electrons. The maximum absolute atomic E-state index is 12.4. The zero-order valence-electron chi connectivity index (χ0n) is 11.0. The van der Waals surface area contributed by atoms with Gasteiger partial charge in [0.25, 0.3) is 0 Å². The lowest BCUT2D eigenvalue weighted by Crippen LogP contribution is -2.38. The summed E-state index contributed by atoms with van der Waals surface area (Å²) >= 11 is 0. The Kier molecular flexibility index (Phi) is 3.90. The van der Waals surface area contributed by atoms with Crippen molar-refractivity contribution in [3.05, 3.63) is 0 Å². The van der Waals surface area contributed by atoms with Crippen LogP contribution >= 0.6 is 0 Å². The second kappa shape index (κ2) is 5.26. The minimum absolute atomic E-state index is 0.0108. The molecule has 102 valence electrons. The highest BCUT2D eigenvalue weighted by atomic mass is 16.5. The molecule has 5 heteroatoms. The van der Waals surface area contributed by atoms with Crippen molar-refractivity contribution in [1.29, 1.82) is 0 Å². The summed E-state index contributed by atoms with van der Waals surface area (Å²) in [6, 6.07) is 0. The number of carboxylic acid groups (broad SMARTS) is 1. The lowest BCUT2D eigenvalue weighted by Gasteiger charge is -2.23. The smallest absolute Gasteiger partial charge is 0.308 e. The van der Waals surface area contributed by atoms with Crippen LogP contribution in [0.2, 0.25) is 0 Å². The standard InChI is InChI=1S/C13H21NO4/c1-3-11-9(4-5-18-11)12(15)14-6-8(2)10(7-14)13(16)17/h8-11H,3-7H2,1-2H3,(H,16,17)/t8-,9?,10-,11?/m1/s1. The van der Waals surface area contributed by atoms with E-state index < -0.39 is 11.9 Å². The van der Waals surface area contributed by atoms with E-state index in [1.807, 2.05) is 13.8 Å². The topological polar surface area (TPSA) is 66.8 Å². The van der Waals surface area contributed by atoms with E-state index in [2.05, 4.69) is 0 Å². The van der Waals surface area contributed by atoms with Crippen molar-refractivity contribution >= 4 is 11.9 Å². The predicted molar refractivity (Wildman–Crippen MR) is 65.0 cm³/mol. The molecule has 2 aliphatic rings. The molecule has 18 heavy (non-hydrogen) atoms. The van der Waals surface area contributed by atoms with Gasteiger partial charge in [-0.3, -0.25) is 9.59 Å². The zero-order valence-corrected chi connectivity index (χ0v) is 11.0. The summed E-state index contributed by atoms with van der Waals surface area (Å²) in [4.78, 5) is 25.2. The van der Waals surface area contributed by atoms with Crippen LogP contribution in [0.15, 0.2) is 0 Å². The number of hydrogen-bond acceptors (Lipinski definition) is 3. The van der Waals surface area contributed by atoms with Gasteiger partial charge in [-0.05, 0) is 18.8 Å². The van der Waals surface area contributed by atoms with E-state index in [0.717, 1.165) is 12.8 Å². The summed E-state index contributed by atoms with van der Waals surface area (Å²) in [6.45, 7) is 5.46. The summed E-state index contributed by atoms with van der Waals surface area (Å²) in [5.41, 5.74) is 0. The van der Waals surface area contributed by atoms with E-state index in [9.17, 15) is 9.59 Å². The molecule has 4 atom stereocenters. The third-order valence-corrected chi connectivity index (χ3v) is 4.17. The van der Waals surface area contributed by atoms with Crippen molar-refractivity contribution in [2.75, 3.05) is 19.7 Å². The molecule has 2 rings (SSSR count). The first-order chi connectivity index (χ1) is 8.54. The normalized spacial score (nSPS) is 36.0. The highest BCUT2D eigenvalue weighted by Gasteiger charge is 2.42. The van der Waals surface area contributed by atoms with Crippen molar-refractivity contribution in [3.63, 3.8) is 0 Å². The number of amides is 1. The van der Waals surface area contributed by atoms with Crippen LogP contribution in [0, 0.1) is 17.8 Å². The summed E-state index contributed by atoms with van der Waals surface area (Å²) in [6.07, 6.45) is 1.61. The Morgan fingerprint density at radius 3 is 2.61 bits per heavy atom. The molecule has 0 aromatic heterocycles. The van der Waals surface area contributed by atoms with E-state index in [1.165, 1.54) is 0 Å². The Morgan fingerprint density at radius 1 is 1.33 bits per heavy atom. The fourth-order valence-electron chi connectivity index (χ4n) is 3.04. The van der Waals surface area contributed by atoms with Crippen LogP contribution in [-0.4, -0.2) is 47.7 Å². The van der Waals surface area contributed by atoms with E-state index >= 15 is 0 Å². The maximum atomic E-state index is 12.4. The van der Waals surface area contributed by atoms with Crippen LogP contribution < -0.4 is 0 Å². The fraction of sp³-hybridized carbons (Fsp3) is 0.846. The quantitative estimate of drug-likeness (QED) is 0.816. The first-order valence-electron chi connectivity index (χ1n) is 6.67. The molecule has 0 spiro atoms. The van der Waals surface area contributed by atoms with E-state index in [1.54, 1.807) is 4.90 Å². The molecule has 2 heterocycles. The van der Waals surface area contributed by atoms with Gasteiger partial charge in [-0.1, -0.05) is 13.8 Å². The summed E-state index contributed by atoms with van der Waals surface area (Å²) < 4.78 is 5.53. The highest BCUT2D eigenvalue weighted by molar-refractivity contribution is 5.81. The molecule has 0 saturated carbocycles. The van der Waals surface area contributed by atoms with Crippen molar-refractivity contribution in [2.45, 2.75) is 32.8 Å². The van der Waals surface area contributed by atoms with Crippen molar-refractivity contribution in [1.82, 2.24) is 4.90 Å². The van der Waals surface area contributed by atoms with Crippen molar-refractivity contribution < 1.29 is 19.4 Å². The molecule has 2 aliphatic heterocycles. The number of carbonyl (C=O) groups is 2. The second-order valence-electron chi connectivity index (χ2n) is 5.38. The zero-order chi connectivity index (χ0) is 13.3. The van der Waals surface area contributed by atoms with E-state index in [4.69, 9.17) is 9.84 Å². The van der Waals surface area contributed by atoms with Crippen LogP contribution in [0.3, 0.4) is 0 Å². The minimum atomic E-state index is -0.799. The number of rotatable bonds is 3. The molecular formula is C13H21NO4. The molecule has 1 N–H and O–H groups in total. The van der Waals surface area contributed by atoms with Gasteiger partial charge in [-0.15, -0.1) is 0 Å². The molecule has 2 unspecified atom stereocenters. The number of nitrogens with zero attached hydrogens (tertiary/aromatic N) is 1. The molecule has 2 saturated heterocycles. The van der Waals surface area contributed by atoms with Gasteiger partial charge in [-0.25, -0.2) is 0 Å². The average molecular weight is 255 g/mol. The third kappa shape index (κ3) is 2.36. The molecule has 2 fully saturated rings. The van der Waals surface area contributed by atoms with Gasteiger partial charge >= 0.3 is 5.97 Å². The van der Waals surface area contributed by atoms with Crippen molar-refractivity contribution in [2.24, 2.45) is 17.8 Å². The first kappa shape index (κ1) is 13.3. The van der Waals surface area contributed by atoms with Gasteiger partial charge in [0.2, 0.25) is 5.91 Å². The molecule has 1 amide bonds. The second-order valence-corrected chi connectivity index (χ2v) is 5.38. The number of carbonyl (C=O) groups excluding carboxylic acids is 1. The van der Waals surface area contributed by atoms with Gasteiger partial charge in [0.05, 0.1) is 17.9 Å². The Morgan fingerprint density at radius 2 is 2.06 bits per heavy atom. The number of carboxylic acids is 1. The van der Waals surface area contributed by atoms with Crippen LogP contribution in [0.5, 0.6) is 0 Å². The fourth-order valence-corrected chi connectivity index (χ4v) is 3.04. The Labute approximate surface area is 107 Å². The van der Waals surface area contributed by atoms with Crippen LogP contribution in [0.4, 0.5) is 0 Å². The number of aliphatic carboxylic acids is 1. The first-order valence-corrected chi connectivity index (χ1v) is 6.67. The maximum Gasteiger partial charge on any atom is 0.308 e. The summed E-state index contributed by atoms with van der Waals surface area (Å²) in [7, 11) is 0. The lowest BCUT2D eigenvalue weighted by molar-refractivity contribution is -0.142. The number of hydrogen-bond donors (Lipinski definition) is 1. The molecule has 5 nitrogen and oxygen atoms in total. The largest absolute Gasteiger partial charge is 0.481 e. The Hall–Kier alpha value is -1.10. The van der Waals surface area contributed by atoms with Gasteiger partial charge in [0.1, 0.15) is 0 Å². The predicted octanol–water partition coefficient (Wildman–Crippen LogP) is 0.981.